The van der Waals surface area contributed by atoms with Crippen LogP contribution in [0.2, 0.25) is 0 Å². The molecule has 2 aromatic rings. The molecule has 0 spiro atoms. The molecule has 0 unspecified atom stereocenters. The highest BCUT2D eigenvalue weighted by molar-refractivity contribution is 5.76. The minimum Gasteiger partial charge on any atom is -0.493 e. The molecule has 0 saturated carbocycles. The molecule has 6 heteroatoms. The summed E-state index contributed by atoms with van der Waals surface area (Å²) in [5, 5.41) is 5.35. The first-order valence-electron chi connectivity index (χ1n) is 9.02. The number of benzene rings is 2. The largest absolute Gasteiger partial charge is 0.493 e. The van der Waals surface area contributed by atoms with Crippen LogP contribution in [0.3, 0.4) is 0 Å². The predicted octanol–water partition coefficient (Wildman–Crippen LogP) is 3.37. The topological polar surface area (TPSA) is 76.7 Å². The van der Waals surface area contributed by atoms with E-state index >= 15 is 0 Å². The van der Waals surface area contributed by atoms with Crippen molar-refractivity contribution in [2.75, 3.05) is 19.7 Å². The van der Waals surface area contributed by atoms with E-state index in [0.717, 1.165) is 16.9 Å². The lowest BCUT2D eigenvalue weighted by atomic mass is 10.1. The summed E-state index contributed by atoms with van der Waals surface area (Å²) < 4.78 is 10.9. The van der Waals surface area contributed by atoms with E-state index in [9.17, 15) is 9.59 Å². The van der Waals surface area contributed by atoms with Gasteiger partial charge in [-0.2, -0.15) is 0 Å². The first kappa shape index (κ1) is 20.3. The molecule has 2 N–H and O–H groups in total. The third kappa shape index (κ3) is 7.40. The van der Waals surface area contributed by atoms with Crippen LogP contribution in [0.15, 0.2) is 48.5 Å². The van der Waals surface area contributed by atoms with Crippen molar-refractivity contribution in [2.24, 2.45) is 0 Å². The molecule has 27 heavy (non-hydrogen) atoms. The first-order valence-corrected chi connectivity index (χ1v) is 9.02. The molecule has 0 aliphatic heterocycles. The summed E-state index contributed by atoms with van der Waals surface area (Å²) in [7, 11) is 0. The minimum atomic E-state index is -0.544. The number of carbonyl (C=O) groups is 2. The van der Waals surface area contributed by atoms with Crippen LogP contribution < -0.4 is 20.1 Å². The summed E-state index contributed by atoms with van der Waals surface area (Å²) >= 11 is 0. The second-order valence-corrected chi connectivity index (χ2v) is 6.15. The molecule has 144 valence electrons. The van der Waals surface area contributed by atoms with Gasteiger partial charge in [-0.05, 0) is 43.5 Å². The fourth-order valence-corrected chi connectivity index (χ4v) is 2.52. The average molecular weight is 370 g/mol. The first-order chi connectivity index (χ1) is 13.1. The molecule has 2 amide bonds. The van der Waals surface area contributed by atoms with Crippen molar-refractivity contribution in [1.82, 2.24) is 10.6 Å². The lowest BCUT2D eigenvalue weighted by Gasteiger charge is -2.12. The second-order valence-electron chi connectivity index (χ2n) is 6.15. The fraction of sp³-hybridized carbons (Fsp3) is 0.333. The molecular weight excluding hydrogens is 344 g/mol. The number of carbonyl (C=O) groups excluding carboxylic acids is 2. The van der Waals surface area contributed by atoms with Gasteiger partial charge in [0.05, 0.1) is 6.61 Å². The Labute approximate surface area is 159 Å². The van der Waals surface area contributed by atoms with Gasteiger partial charge in [-0.25, -0.2) is 4.79 Å². The van der Waals surface area contributed by atoms with Crippen molar-refractivity contribution in [3.8, 4) is 11.5 Å². The van der Waals surface area contributed by atoms with Crippen molar-refractivity contribution >= 4 is 12.0 Å². The van der Waals surface area contributed by atoms with Gasteiger partial charge >= 0.3 is 6.09 Å². The molecule has 0 aliphatic rings. The summed E-state index contributed by atoms with van der Waals surface area (Å²) in [6.45, 7) is 5.15. The molecule has 0 atom stereocenters. The van der Waals surface area contributed by atoms with Gasteiger partial charge in [0.15, 0.2) is 0 Å². The zero-order chi connectivity index (χ0) is 19.5. The van der Waals surface area contributed by atoms with Gasteiger partial charge in [0.2, 0.25) is 5.91 Å². The molecule has 2 rings (SSSR count). The summed E-state index contributed by atoms with van der Waals surface area (Å²) in [6.07, 6.45) is 0.458. The Morgan fingerprint density at radius 1 is 0.889 bits per heavy atom. The van der Waals surface area contributed by atoms with Crippen LogP contribution in [-0.4, -0.2) is 31.7 Å². The Morgan fingerprint density at radius 3 is 2.26 bits per heavy atom. The maximum Gasteiger partial charge on any atom is 0.412 e. The molecular formula is C21H26N2O4. The Hall–Kier alpha value is -3.02. The molecule has 0 radical (unpaired) electrons. The van der Waals surface area contributed by atoms with Gasteiger partial charge in [-0.15, -0.1) is 0 Å². The van der Waals surface area contributed by atoms with E-state index in [1.807, 2.05) is 38.1 Å². The normalized spacial score (nSPS) is 10.1. The van der Waals surface area contributed by atoms with Crippen LogP contribution in [0.5, 0.6) is 11.5 Å². The highest BCUT2D eigenvalue weighted by Crippen LogP contribution is 2.22. The smallest absolute Gasteiger partial charge is 0.412 e. The Morgan fingerprint density at radius 2 is 1.56 bits per heavy atom. The van der Waals surface area contributed by atoms with E-state index < -0.39 is 6.09 Å². The van der Waals surface area contributed by atoms with Crippen molar-refractivity contribution in [1.29, 1.82) is 0 Å². The maximum absolute atomic E-state index is 11.8. The summed E-state index contributed by atoms with van der Waals surface area (Å²) in [6, 6.07) is 14.8. The molecule has 0 aromatic heterocycles. The van der Waals surface area contributed by atoms with Crippen LogP contribution in [0.4, 0.5) is 4.79 Å². The number of aryl methyl sites for hydroxylation is 2. The van der Waals surface area contributed by atoms with E-state index in [4.69, 9.17) is 9.47 Å². The Bertz CT molecular complexity index is 727. The molecule has 2 aromatic carbocycles. The van der Waals surface area contributed by atoms with Crippen LogP contribution in [0.1, 0.15) is 24.0 Å². The van der Waals surface area contributed by atoms with E-state index in [1.54, 1.807) is 24.3 Å². The van der Waals surface area contributed by atoms with E-state index in [0.29, 0.717) is 38.3 Å². The summed E-state index contributed by atoms with van der Waals surface area (Å²) in [4.78, 5) is 23.4. The molecule has 0 aliphatic carbocycles. The minimum absolute atomic E-state index is 0.0710. The summed E-state index contributed by atoms with van der Waals surface area (Å²) in [5.74, 6) is 1.29. The molecule has 6 nitrogen and oxygen atoms in total. The number of amides is 2. The predicted molar refractivity (Wildman–Crippen MR) is 104 cm³/mol. The van der Waals surface area contributed by atoms with Gasteiger partial charge < -0.3 is 20.1 Å². The monoisotopic (exact) mass is 370 g/mol. The van der Waals surface area contributed by atoms with Crippen LogP contribution in [0.25, 0.3) is 0 Å². The lowest BCUT2D eigenvalue weighted by molar-refractivity contribution is -0.121. The highest BCUT2D eigenvalue weighted by atomic mass is 16.6. The number of hydrogen-bond acceptors (Lipinski definition) is 4. The van der Waals surface area contributed by atoms with Gasteiger partial charge in [0.25, 0.3) is 0 Å². The quantitative estimate of drug-likeness (QED) is 0.664. The van der Waals surface area contributed by atoms with Crippen LogP contribution in [-0.2, 0) is 4.79 Å². The molecule has 0 fully saturated rings. The van der Waals surface area contributed by atoms with E-state index in [2.05, 4.69) is 10.6 Å². The highest BCUT2D eigenvalue weighted by Gasteiger charge is 2.06. The van der Waals surface area contributed by atoms with Gasteiger partial charge in [-0.1, -0.05) is 36.4 Å². The number of hydrogen-bond donors (Lipinski definition) is 2. The second kappa shape index (κ2) is 10.9. The maximum atomic E-state index is 11.8. The van der Waals surface area contributed by atoms with Gasteiger partial charge in [-0.3, -0.25) is 4.79 Å². The van der Waals surface area contributed by atoms with Gasteiger partial charge in [0.1, 0.15) is 11.5 Å². The number of para-hydroxylation sites is 2. The third-order valence-corrected chi connectivity index (χ3v) is 3.87. The van der Waals surface area contributed by atoms with Crippen LogP contribution >= 0.6 is 0 Å². The number of ether oxygens (including phenoxy) is 2. The van der Waals surface area contributed by atoms with Crippen LogP contribution in [0, 0.1) is 13.8 Å². The molecule has 0 saturated heterocycles. The number of nitrogens with one attached hydrogen (secondary N) is 2. The molecule has 0 heterocycles. The Kier molecular flexibility index (Phi) is 8.16. The van der Waals surface area contributed by atoms with E-state index in [1.165, 1.54) is 0 Å². The zero-order valence-corrected chi connectivity index (χ0v) is 15.8. The number of rotatable bonds is 9. The van der Waals surface area contributed by atoms with Crippen molar-refractivity contribution in [3.63, 3.8) is 0 Å². The van der Waals surface area contributed by atoms with Gasteiger partial charge in [0, 0.05) is 19.5 Å². The third-order valence-electron chi connectivity index (χ3n) is 3.87. The van der Waals surface area contributed by atoms with Crippen molar-refractivity contribution < 1.29 is 19.1 Å². The zero-order valence-electron chi connectivity index (χ0n) is 15.8. The average Bonchev–Trinajstić information content (AvgIpc) is 2.65. The van der Waals surface area contributed by atoms with E-state index in [-0.39, 0.29) is 5.91 Å². The fourth-order valence-electron chi connectivity index (χ4n) is 2.52. The standard InChI is InChI=1S/C21H26N2O4/c1-16-8-6-9-17(2)20(16)26-15-7-12-19(24)22-13-14-23-21(25)27-18-10-4-3-5-11-18/h3-6,8-11H,7,12-15H2,1-2H3,(H,22,24)(H,23,25). The Balaban J connectivity index is 1.54. The molecule has 0 bridgehead atoms. The lowest BCUT2D eigenvalue weighted by Crippen LogP contribution is -2.36. The van der Waals surface area contributed by atoms with Crippen molar-refractivity contribution in [2.45, 2.75) is 26.7 Å². The van der Waals surface area contributed by atoms with Crippen molar-refractivity contribution in [3.05, 3.63) is 59.7 Å². The SMILES string of the molecule is Cc1cccc(C)c1OCCCC(=O)NCCNC(=O)Oc1ccccc1. The summed E-state index contributed by atoms with van der Waals surface area (Å²) in [5.41, 5.74) is 2.18.